The van der Waals surface area contributed by atoms with Crippen molar-refractivity contribution in [3.05, 3.63) is 246 Å². The van der Waals surface area contributed by atoms with Gasteiger partial charge in [-0.1, -0.05) is 196 Å². The van der Waals surface area contributed by atoms with Crippen LogP contribution in [0.3, 0.4) is 0 Å². The van der Waals surface area contributed by atoms with Gasteiger partial charge in [0.15, 0.2) is 0 Å². The second-order valence-electron chi connectivity index (χ2n) is 16.8. The molecule has 10 aromatic rings. The molecule has 0 aliphatic heterocycles. The van der Waals surface area contributed by atoms with Crippen molar-refractivity contribution in [2.75, 3.05) is 4.90 Å². The summed E-state index contributed by atoms with van der Waals surface area (Å²) >= 11 is 0. The number of para-hydroxylation sites is 1. The Morgan fingerprint density at radius 1 is 0.417 bits per heavy atom. The molecule has 12 rings (SSSR count). The van der Waals surface area contributed by atoms with Crippen molar-refractivity contribution in [1.29, 1.82) is 0 Å². The normalized spacial score (nSPS) is 14.1. The fourth-order valence-electron chi connectivity index (χ4n) is 10.8. The van der Waals surface area contributed by atoms with Gasteiger partial charge < -0.3 is 9.32 Å². The molecule has 2 heteroatoms. The van der Waals surface area contributed by atoms with E-state index >= 15 is 0 Å². The number of fused-ring (bicyclic) bond motifs is 9. The molecule has 0 saturated heterocycles. The van der Waals surface area contributed by atoms with Gasteiger partial charge in [-0.15, -0.1) is 0 Å². The van der Waals surface area contributed by atoms with E-state index < -0.39 is 5.41 Å². The predicted molar refractivity (Wildman–Crippen MR) is 249 cm³/mol. The minimum absolute atomic E-state index is 0.173. The first-order valence-electron chi connectivity index (χ1n) is 20.9. The average molecular weight is 768 g/mol. The summed E-state index contributed by atoms with van der Waals surface area (Å²) in [6.45, 7) is 4.73. The summed E-state index contributed by atoms with van der Waals surface area (Å²) in [5, 5.41) is 2.19. The third-order valence-corrected chi connectivity index (χ3v) is 13.4. The molecule has 2 aliphatic carbocycles. The van der Waals surface area contributed by atoms with Gasteiger partial charge in [0.2, 0.25) is 0 Å². The summed E-state index contributed by atoms with van der Waals surface area (Å²) in [7, 11) is 0. The van der Waals surface area contributed by atoms with Crippen LogP contribution in [0.15, 0.2) is 217 Å². The van der Waals surface area contributed by atoms with E-state index in [1.165, 1.54) is 55.6 Å². The Labute approximate surface area is 350 Å². The summed E-state index contributed by atoms with van der Waals surface area (Å²) in [6, 6.07) is 77.9. The molecule has 9 aromatic carbocycles. The monoisotopic (exact) mass is 767 g/mol. The maximum absolute atomic E-state index is 6.92. The van der Waals surface area contributed by atoms with Crippen LogP contribution in [-0.2, 0) is 10.8 Å². The molecule has 60 heavy (non-hydrogen) atoms. The van der Waals surface area contributed by atoms with Gasteiger partial charge in [0.05, 0.1) is 22.2 Å². The third-order valence-electron chi connectivity index (χ3n) is 13.4. The maximum atomic E-state index is 6.92. The standard InChI is InChI=1S/C58H41NO/c1-57(2)47-29-14-12-25-43(47)44-36-35-41(37-50(44)57)59(52-33-18-34-53-55(52)46-28-16-27-42(56(46)60-53)38-19-6-3-7-20-38)51-32-17-31-49-54(51)45-26-13-15-30-48(45)58(49,39-21-8-4-9-22-39)40-23-10-5-11-24-40/h3-37H,1-2H3. The van der Waals surface area contributed by atoms with Crippen molar-refractivity contribution in [3.63, 3.8) is 0 Å². The number of rotatable bonds is 6. The van der Waals surface area contributed by atoms with Crippen molar-refractivity contribution >= 4 is 39.0 Å². The first-order chi connectivity index (χ1) is 29.5. The number of hydrogen-bond donors (Lipinski definition) is 0. The van der Waals surface area contributed by atoms with Gasteiger partial charge in [-0.05, 0) is 86.0 Å². The van der Waals surface area contributed by atoms with E-state index in [0.29, 0.717) is 0 Å². The lowest BCUT2D eigenvalue weighted by molar-refractivity contribution is 0.660. The Bertz CT molecular complexity index is 3250. The van der Waals surface area contributed by atoms with Gasteiger partial charge in [-0.2, -0.15) is 0 Å². The molecule has 0 bridgehead atoms. The summed E-state index contributed by atoms with van der Waals surface area (Å²) in [5.41, 5.74) is 19.4. The minimum atomic E-state index is -0.531. The fourth-order valence-corrected chi connectivity index (χ4v) is 10.8. The van der Waals surface area contributed by atoms with Crippen LogP contribution < -0.4 is 4.90 Å². The fraction of sp³-hybridized carbons (Fsp3) is 0.0690. The Morgan fingerprint density at radius 2 is 0.983 bits per heavy atom. The van der Waals surface area contributed by atoms with Crippen molar-refractivity contribution in [2.45, 2.75) is 24.7 Å². The van der Waals surface area contributed by atoms with Crippen LogP contribution in [0.4, 0.5) is 17.1 Å². The molecule has 284 valence electrons. The van der Waals surface area contributed by atoms with Crippen molar-refractivity contribution in [3.8, 4) is 33.4 Å². The molecule has 0 fully saturated rings. The lowest BCUT2D eigenvalue weighted by Gasteiger charge is -2.34. The van der Waals surface area contributed by atoms with E-state index in [2.05, 4.69) is 231 Å². The summed E-state index contributed by atoms with van der Waals surface area (Å²) in [4.78, 5) is 2.52. The highest BCUT2D eigenvalue weighted by molar-refractivity contribution is 6.17. The highest BCUT2D eigenvalue weighted by Crippen LogP contribution is 2.60. The molecule has 0 unspecified atom stereocenters. The third kappa shape index (κ3) is 4.76. The number of nitrogens with zero attached hydrogens (tertiary/aromatic N) is 1. The summed E-state index contributed by atoms with van der Waals surface area (Å²) in [5.74, 6) is 0. The number of benzene rings is 9. The van der Waals surface area contributed by atoms with Crippen molar-refractivity contribution in [1.82, 2.24) is 0 Å². The van der Waals surface area contributed by atoms with Gasteiger partial charge in [0.1, 0.15) is 11.2 Å². The van der Waals surface area contributed by atoms with E-state index in [-0.39, 0.29) is 5.41 Å². The molecule has 0 saturated carbocycles. The zero-order valence-corrected chi connectivity index (χ0v) is 33.6. The topological polar surface area (TPSA) is 16.4 Å². The molecule has 1 heterocycles. The second-order valence-corrected chi connectivity index (χ2v) is 16.8. The Morgan fingerprint density at radius 3 is 1.73 bits per heavy atom. The molecule has 0 atom stereocenters. The van der Waals surface area contributed by atoms with E-state index in [4.69, 9.17) is 4.42 Å². The predicted octanol–water partition coefficient (Wildman–Crippen LogP) is 15.4. The summed E-state index contributed by atoms with van der Waals surface area (Å²) < 4.78 is 6.92. The molecular formula is C58H41NO. The van der Waals surface area contributed by atoms with Crippen LogP contribution in [0.2, 0.25) is 0 Å². The van der Waals surface area contributed by atoms with Crippen LogP contribution in [-0.4, -0.2) is 0 Å². The van der Waals surface area contributed by atoms with E-state index in [0.717, 1.165) is 50.1 Å². The first-order valence-corrected chi connectivity index (χ1v) is 20.9. The number of furan rings is 1. The lowest BCUT2D eigenvalue weighted by atomic mass is 9.68. The Kier molecular flexibility index (Phi) is 7.52. The van der Waals surface area contributed by atoms with Gasteiger partial charge in [-0.3, -0.25) is 0 Å². The highest BCUT2D eigenvalue weighted by Gasteiger charge is 2.47. The van der Waals surface area contributed by atoms with Gasteiger partial charge in [0, 0.05) is 27.6 Å². The van der Waals surface area contributed by atoms with E-state index in [1.54, 1.807) is 0 Å². The van der Waals surface area contributed by atoms with E-state index in [1.807, 2.05) is 0 Å². The van der Waals surface area contributed by atoms with E-state index in [9.17, 15) is 0 Å². The molecule has 1 aromatic heterocycles. The summed E-state index contributed by atoms with van der Waals surface area (Å²) in [6.07, 6.45) is 0. The first kappa shape index (κ1) is 34.6. The zero-order valence-electron chi connectivity index (χ0n) is 33.6. The number of hydrogen-bond acceptors (Lipinski definition) is 2. The van der Waals surface area contributed by atoms with Gasteiger partial charge in [0.25, 0.3) is 0 Å². The molecule has 0 N–H and O–H groups in total. The van der Waals surface area contributed by atoms with Crippen LogP contribution in [0.1, 0.15) is 47.2 Å². The average Bonchev–Trinajstić information content (AvgIpc) is 3.92. The zero-order chi connectivity index (χ0) is 40.0. The quantitative estimate of drug-likeness (QED) is 0.168. The lowest BCUT2D eigenvalue weighted by Crippen LogP contribution is -2.28. The van der Waals surface area contributed by atoms with Crippen LogP contribution in [0.25, 0.3) is 55.3 Å². The van der Waals surface area contributed by atoms with Gasteiger partial charge in [-0.25, -0.2) is 0 Å². The Balaban J connectivity index is 1.19. The van der Waals surface area contributed by atoms with Crippen LogP contribution in [0.5, 0.6) is 0 Å². The van der Waals surface area contributed by atoms with Crippen molar-refractivity contribution < 1.29 is 4.42 Å². The minimum Gasteiger partial charge on any atom is -0.455 e. The van der Waals surface area contributed by atoms with Crippen LogP contribution >= 0.6 is 0 Å². The molecule has 2 nitrogen and oxygen atoms in total. The molecular weight excluding hydrogens is 727 g/mol. The molecule has 0 radical (unpaired) electrons. The highest BCUT2D eigenvalue weighted by atomic mass is 16.3. The molecule has 0 spiro atoms. The van der Waals surface area contributed by atoms with Crippen molar-refractivity contribution in [2.24, 2.45) is 0 Å². The number of anilines is 3. The maximum Gasteiger partial charge on any atom is 0.143 e. The largest absolute Gasteiger partial charge is 0.455 e. The van der Waals surface area contributed by atoms with Gasteiger partial charge >= 0.3 is 0 Å². The molecule has 2 aliphatic rings. The smallest absolute Gasteiger partial charge is 0.143 e. The Hall–Kier alpha value is -7.42. The second kappa shape index (κ2) is 13.0. The van der Waals surface area contributed by atoms with Crippen LogP contribution in [0, 0.1) is 0 Å². The molecule has 0 amide bonds. The SMILES string of the molecule is CC1(C)c2ccccc2-c2ccc(N(c3cccc4c3-c3ccccc3C4(c3ccccc3)c3ccccc3)c3cccc4oc5c(-c6ccccc6)cccc5c34)cc21.